The molecule has 0 unspecified atom stereocenters. The first-order valence-corrected chi connectivity index (χ1v) is 9.26. The van der Waals surface area contributed by atoms with Gasteiger partial charge in [-0.2, -0.15) is 0 Å². The van der Waals surface area contributed by atoms with Crippen LogP contribution in [0.4, 0.5) is 0 Å². The molecule has 0 saturated heterocycles. The molecule has 2 heterocycles. The van der Waals surface area contributed by atoms with Crippen LogP contribution in [0.5, 0.6) is 0 Å². The average Bonchev–Trinajstić information content (AvgIpc) is 3.25. The van der Waals surface area contributed by atoms with Gasteiger partial charge in [0.1, 0.15) is 0 Å². The summed E-state index contributed by atoms with van der Waals surface area (Å²) in [6.07, 6.45) is 0. The summed E-state index contributed by atoms with van der Waals surface area (Å²) >= 11 is 1.26. The van der Waals surface area contributed by atoms with Crippen molar-refractivity contribution in [1.29, 1.82) is 0 Å². The van der Waals surface area contributed by atoms with Crippen LogP contribution in [0.15, 0.2) is 35.5 Å². The predicted octanol–water partition coefficient (Wildman–Crippen LogP) is 3.57. The van der Waals surface area contributed by atoms with E-state index in [1.54, 1.807) is 20.8 Å². The second kappa shape index (κ2) is 7.79. The molecule has 0 radical (unpaired) electrons. The predicted molar refractivity (Wildman–Crippen MR) is 103 cm³/mol. The number of hydrogen-bond donors (Lipinski definition) is 2. The number of ketones is 1. The number of H-pyrrole nitrogens is 2. The third-order valence-electron chi connectivity index (χ3n) is 4.24. The number of nitrogens with one attached hydrogen (secondary N) is 2. The van der Waals surface area contributed by atoms with E-state index in [2.05, 4.69) is 20.2 Å². The molecule has 1 aromatic carbocycles. The van der Waals surface area contributed by atoms with Crippen molar-refractivity contribution in [2.75, 3.05) is 7.11 Å². The van der Waals surface area contributed by atoms with Crippen molar-refractivity contribution < 1.29 is 14.3 Å². The van der Waals surface area contributed by atoms with Crippen LogP contribution in [0.1, 0.15) is 39.0 Å². The first-order chi connectivity index (χ1) is 12.9. The van der Waals surface area contributed by atoms with Gasteiger partial charge in [0.15, 0.2) is 11.6 Å². The molecule has 0 saturated carbocycles. The number of thioether (sulfide) groups is 1. The van der Waals surface area contributed by atoms with Gasteiger partial charge in [-0.25, -0.2) is 9.78 Å². The number of nitrogens with zero attached hydrogens (tertiary/aromatic N) is 2. The highest BCUT2D eigenvalue weighted by molar-refractivity contribution is 8.00. The maximum absolute atomic E-state index is 12.9. The van der Waals surface area contributed by atoms with E-state index in [0.29, 0.717) is 33.5 Å². The minimum atomic E-state index is -0.456. The maximum atomic E-state index is 12.9. The number of aryl methyl sites for hydroxylation is 1. The van der Waals surface area contributed by atoms with Gasteiger partial charge >= 0.3 is 5.97 Å². The van der Waals surface area contributed by atoms with Gasteiger partial charge in [-0.15, -0.1) is 5.10 Å². The number of methoxy groups -OCH3 is 1. The van der Waals surface area contributed by atoms with E-state index in [-0.39, 0.29) is 5.78 Å². The molecule has 0 fully saturated rings. The summed E-state index contributed by atoms with van der Waals surface area (Å²) in [5.41, 5.74) is 2.95. The summed E-state index contributed by atoms with van der Waals surface area (Å²) in [4.78, 5) is 32.2. The minimum Gasteiger partial charge on any atom is -0.465 e. The summed E-state index contributed by atoms with van der Waals surface area (Å²) in [6.45, 7) is 5.27. The summed E-state index contributed by atoms with van der Waals surface area (Å²) < 4.78 is 4.79. The molecule has 1 atom stereocenters. The Bertz CT molecular complexity index is 978. The van der Waals surface area contributed by atoms with E-state index >= 15 is 0 Å². The van der Waals surface area contributed by atoms with Gasteiger partial charge in [0, 0.05) is 11.3 Å². The molecule has 7 nitrogen and oxygen atoms in total. The van der Waals surface area contributed by atoms with Crippen molar-refractivity contribution in [3.05, 3.63) is 52.8 Å². The number of Topliss-reactive ketones (excluding diaryl/α,β-unsaturated/α-hetero) is 1. The lowest BCUT2D eigenvalue weighted by molar-refractivity contribution is 0.0599. The number of hydrogen-bond acceptors (Lipinski definition) is 6. The van der Waals surface area contributed by atoms with Gasteiger partial charge in [0.05, 0.1) is 23.6 Å². The quantitative estimate of drug-likeness (QED) is 0.383. The molecule has 0 bridgehead atoms. The lowest BCUT2D eigenvalue weighted by Gasteiger charge is -2.07. The highest BCUT2D eigenvalue weighted by Crippen LogP contribution is 2.27. The van der Waals surface area contributed by atoms with E-state index in [1.165, 1.54) is 18.9 Å². The SMILES string of the molecule is COC(=O)c1c(C)[nH]c(C(=O)[C@@H](C)Sc2n[nH]c(-c3ccccc3)n2)c1C. The lowest BCUT2D eigenvalue weighted by Crippen LogP contribution is -2.15. The van der Waals surface area contributed by atoms with Gasteiger partial charge in [0.25, 0.3) is 0 Å². The highest BCUT2D eigenvalue weighted by atomic mass is 32.2. The van der Waals surface area contributed by atoms with E-state index in [4.69, 9.17) is 4.74 Å². The first kappa shape index (κ1) is 18.9. The Hall–Kier alpha value is -2.87. The second-order valence-corrected chi connectivity index (χ2v) is 7.38. The molecule has 2 aromatic heterocycles. The van der Waals surface area contributed by atoms with Crippen LogP contribution in [0.2, 0.25) is 0 Å². The summed E-state index contributed by atoms with van der Waals surface area (Å²) in [7, 11) is 1.32. The van der Waals surface area contributed by atoms with Crippen molar-refractivity contribution in [2.24, 2.45) is 0 Å². The Morgan fingerprint density at radius 2 is 1.89 bits per heavy atom. The van der Waals surface area contributed by atoms with Crippen LogP contribution in [-0.2, 0) is 4.74 Å². The fourth-order valence-corrected chi connectivity index (χ4v) is 3.63. The average molecular weight is 384 g/mol. The molecule has 140 valence electrons. The van der Waals surface area contributed by atoms with E-state index in [0.717, 1.165) is 5.56 Å². The molecule has 2 N–H and O–H groups in total. The van der Waals surface area contributed by atoms with Crippen LogP contribution in [0, 0.1) is 13.8 Å². The zero-order valence-electron chi connectivity index (χ0n) is 15.5. The Balaban J connectivity index is 1.77. The molecule has 3 aromatic rings. The fraction of sp³-hybridized carbons (Fsp3) is 0.263. The zero-order valence-corrected chi connectivity index (χ0v) is 16.3. The van der Waals surface area contributed by atoms with E-state index in [9.17, 15) is 9.59 Å². The zero-order chi connectivity index (χ0) is 19.6. The monoisotopic (exact) mass is 384 g/mol. The first-order valence-electron chi connectivity index (χ1n) is 8.38. The molecular formula is C19H20N4O3S. The Kier molecular flexibility index (Phi) is 5.46. The number of carbonyl (C=O) groups excluding carboxylic acids is 2. The molecule has 0 aliphatic rings. The Labute approximate surface area is 160 Å². The molecule has 0 spiro atoms. The van der Waals surface area contributed by atoms with Crippen LogP contribution in [0.3, 0.4) is 0 Å². The van der Waals surface area contributed by atoms with Gasteiger partial charge in [-0.05, 0) is 26.3 Å². The maximum Gasteiger partial charge on any atom is 0.339 e. The van der Waals surface area contributed by atoms with Crippen LogP contribution < -0.4 is 0 Å². The van der Waals surface area contributed by atoms with Crippen molar-refractivity contribution in [3.8, 4) is 11.4 Å². The molecule has 0 aliphatic carbocycles. The van der Waals surface area contributed by atoms with E-state index < -0.39 is 11.2 Å². The molecular weight excluding hydrogens is 364 g/mol. The number of benzene rings is 1. The topological polar surface area (TPSA) is 101 Å². The Morgan fingerprint density at radius 1 is 1.19 bits per heavy atom. The Morgan fingerprint density at radius 3 is 2.56 bits per heavy atom. The number of ether oxygens (including phenoxy) is 1. The number of rotatable bonds is 6. The molecule has 0 amide bonds. The van der Waals surface area contributed by atoms with E-state index in [1.807, 2.05) is 30.3 Å². The van der Waals surface area contributed by atoms with Crippen LogP contribution >= 0.6 is 11.8 Å². The second-order valence-electron chi connectivity index (χ2n) is 6.07. The summed E-state index contributed by atoms with van der Waals surface area (Å²) in [6, 6.07) is 9.64. The fourth-order valence-electron chi connectivity index (χ4n) is 2.84. The number of esters is 1. The van der Waals surface area contributed by atoms with Gasteiger partial charge in [-0.3, -0.25) is 9.89 Å². The van der Waals surface area contributed by atoms with Crippen molar-refractivity contribution in [2.45, 2.75) is 31.2 Å². The number of carbonyl (C=O) groups is 2. The largest absolute Gasteiger partial charge is 0.465 e. The van der Waals surface area contributed by atoms with Crippen LogP contribution in [-0.4, -0.2) is 44.3 Å². The summed E-state index contributed by atoms with van der Waals surface area (Å²) in [5.74, 6) is 0.0708. The van der Waals surface area contributed by atoms with Crippen LogP contribution in [0.25, 0.3) is 11.4 Å². The molecule has 3 rings (SSSR count). The number of aromatic amines is 2. The highest BCUT2D eigenvalue weighted by Gasteiger charge is 2.26. The van der Waals surface area contributed by atoms with Gasteiger partial charge in [-0.1, -0.05) is 42.1 Å². The molecule has 8 heteroatoms. The molecule has 0 aliphatic heterocycles. The third-order valence-corrected chi connectivity index (χ3v) is 5.20. The lowest BCUT2D eigenvalue weighted by atomic mass is 10.1. The van der Waals surface area contributed by atoms with Crippen molar-refractivity contribution in [3.63, 3.8) is 0 Å². The van der Waals surface area contributed by atoms with Crippen molar-refractivity contribution >= 4 is 23.5 Å². The standard InChI is InChI=1S/C19H20N4O3S/c1-10-14(18(25)26-4)11(2)20-15(10)16(24)12(3)27-19-21-17(22-23-19)13-8-6-5-7-9-13/h5-9,12,20H,1-4H3,(H,21,22,23)/t12-/m1/s1. The van der Waals surface area contributed by atoms with Crippen molar-refractivity contribution in [1.82, 2.24) is 20.2 Å². The third kappa shape index (κ3) is 3.80. The number of aromatic nitrogens is 4. The normalized spacial score (nSPS) is 12.0. The van der Waals surface area contributed by atoms with Gasteiger partial charge in [0.2, 0.25) is 5.16 Å². The van der Waals surface area contributed by atoms with Gasteiger partial charge < -0.3 is 9.72 Å². The summed E-state index contributed by atoms with van der Waals surface area (Å²) in [5, 5.41) is 7.14. The minimum absolute atomic E-state index is 0.123. The molecule has 27 heavy (non-hydrogen) atoms. The smallest absolute Gasteiger partial charge is 0.339 e.